The number of nitrogens with one attached hydrogen (secondary N) is 1. The molecule has 8 nitrogen and oxygen atoms in total. The summed E-state index contributed by atoms with van der Waals surface area (Å²) in [5, 5.41) is 13.4. The maximum atomic E-state index is 13.7. The highest BCUT2D eigenvalue weighted by Gasteiger charge is 2.28. The number of benzene rings is 1. The lowest BCUT2D eigenvalue weighted by Gasteiger charge is -2.12. The van der Waals surface area contributed by atoms with Crippen LogP contribution < -0.4 is 20.1 Å². The lowest BCUT2D eigenvalue weighted by atomic mass is 9.95. The van der Waals surface area contributed by atoms with Crippen molar-refractivity contribution in [3.8, 4) is 11.8 Å². The highest BCUT2D eigenvalue weighted by Crippen LogP contribution is 2.38. The van der Waals surface area contributed by atoms with E-state index in [-0.39, 0.29) is 22.4 Å². The Labute approximate surface area is 238 Å². The van der Waals surface area contributed by atoms with Crippen molar-refractivity contribution in [2.75, 3.05) is 11.9 Å². The van der Waals surface area contributed by atoms with Crippen LogP contribution in [0.1, 0.15) is 57.6 Å². The molecule has 10 heteroatoms. The number of anilines is 1. The molecule has 0 saturated heterocycles. The third kappa shape index (κ3) is 5.30. The second-order valence-electron chi connectivity index (χ2n) is 9.42. The molecule has 1 N–H and O–H groups in total. The number of thiazole rings is 1. The summed E-state index contributed by atoms with van der Waals surface area (Å²) in [5.41, 5.74) is 2.17. The van der Waals surface area contributed by atoms with Gasteiger partial charge in [0.1, 0.15) is 27.3 Å². The predicted molar refractivity (Wildman–Crippen MR) is 155 cm³/mol. The number of rotatable bonds is 6. The molecule has 0 saturated carbocycles. The number of nitrogens with zero attached hydrogens (tertiary/aromatic N) is 2. The van der Waals surface area contributed by atoms with E-state index in [9.17, 15) is 19.6 Å². The number of carbonyl (C=O) groups excluding carboxylic acids is 2. The topological polar surface area (TPSA) is 114 Å². The zero-order valence-corrected chi connectivity index (χ0v) is 24.0. The van der Waals surface area contributed by atoms with Crippen molar-refractivity contribution in [3.05, 3.63) is 89.0 Å². The second-order valence-corrected chi connectivity index (χ2v) is 11.6. The van der Waals surface area contributed by atoms with Crippen molar-refractivity contribution in [1.29, 1.82) is 5.26 Å². The lowest BCUT2D eigenvalue weighted by molar-refractivity contribution is -0.111. The summed E-state index contributed by atoms with van der Waals surface area (Å²) in [4.78, 5) is 41.2. The number of fused-ring (bicyclic) bond motifs is 1. The number of amides is 1. The monoisotopic (exact) mass is 573 g/mol. The lowest BCUT2D eigenvalue weighted by Crippen LogP contribution is -2.32. The average Bonchev–Trinajstić information content (AvgIpc) is 3.60. The molecule has 0 fully saturated rings. The molecule has 0 atom stereocenters. The quantitative estimate of drug-likeness (QED) is 0.343. The third-order valence-corrected chi connectivity index (χ3v) is 8.88. The number of carbonyl (C=O) groups is 2. The van der Waals surface area contributed by atoms with E-state index in [0.717, 1.165) is 53.0 Å². The molecule has 0 bridgehead atoms. The molecule has 5 rings (SSSR count). The molecule has 204 valence electrons. The van der Waals surface area contributed by atoms with E-state index in [2.05, 4.69) is 5.32 Å². The largest absolute Gasteiger partial charge is 0.462 e. The van der Waals surface area contributed by atoms with Crippen LogP contribution in [0.4, 0.5) is 5.00 Å². The Morgan fingerprint density at radius 3 is 2.55 bits per heavy atom. The van der Waals surface area contributed by atoms with E-state index >= 15 is 0 Å². The van der Waals surface area contributed by atoms with Crippen molar-refractivity contribution in [2.24, 2.45) is 0 Å². The molecular weight excluding hydrogens is 546 g/mol. The molecule has 40 heavy (non-hydrogen) atoms. The van der Waals surface area contributed by atoms with Crippen LogP contribution in [0.25, 0.3) is 17.3 Å². The summed E-state index contributed by atoms with van der Waals surface area (Å²) in [5.74, 6) is -0.00516. The van der Waals surface area contributed by atoms with E-state index in [1.165, 1.54) is 15.9 Å². The first-order chi connectivity index (χ1) is 19.3. The summed E-state index contributed by atoms with van der Waals surface area (Å²) >= 11 is 2.38. The van der Waals surface area contributed by atoms with E-state index in [1.54, 1.807) is 44.2 Å². The highest BCUT2D eigenvalue weighted by atomic mass is 32.1. The minimum absolute atomic E-state index is 0.183. The number of thiophene rings is 1. The summed E-state index contributed by atoms with van der Waals surface area (Å²) in [6.45, 7) is 5.68. The number of aryl methyl sites for hydroxylation is 3. The van der Waals surface area contributed by atoms with Crippen molar-refractivity contribution in [3.63, 3.8) is 0 Å². The fourth-order valence-electron chi connectivity index (χ4n) is 4.67. The zero-order valence-electron chi connectivity index (χ0n) is 22.3. The number of hydrogen-bond donors (Lipinski definition) is 1. The van der Waals surface area contributed by atoms with Crippen LogP contribution in [0.15, 0.2) is 45.6 Å². The molecule has 0 spiro atoms. The number of aromatic nitrogens is 1. The second kappa shape index (κ2) is 11.5. The Hall–Kier alpha value is -4.20. The van der Waals surface area contributed by atoms with Gasteiger partial charge < -0.3 is 14.5 Å². The van der Waals surface area contributed by atoms with Crippen molar-refractivity contribution in [1.82, 2.24) is 4.57 Å². The summed E-state index contributed by atoms with van der Waals surface area (Å²) in [7, 11) is 0. The molecule has 0 radical (unpaired) electrons. The molecule has 3 aromatic heterocycles. The van der Waals surface area contributed by atoms with Gasteiger partial charge in [-0.2, -0.15) is 5.26 Å². The van der Waals surface area contributed by atoms with Gasteiger partial charge in [-0.25, -0.2) is 4.79 Å². The third-order valence-electron chi connectivity index (χ3n) is 6.58. The molecule has 4 aromatic rings. The molecule has 0 aliphatic heterocycles. The Morgan fingerprint density at radius 2 is 1.88 bits per heavy atom. The number of nitriles is 1. The van der Waals surface area contributed by atoms with Gasteiger partial charge in [0.25, 0.3) is 11.5 Å². The molecule has 3 heterocycles. The summed E-state index contributed by atoms with van der Waals surface area (Å²) in [6, 6.07) is 12.8. The van der Waals surface area contributed by atoms with Gasteiger partial charge in [-0.1, -0.05) is 17.7 Å². The molecule has 1 aliphatic rings. The minimum atomic E-state index is -0.700. The van der Waals surface area contributed by atoms with Gasteiger partial charge in [0, 0.05) is 11.0 Å². The van der Waals surface area contributed by atoms with Crippen LogP contribution in [-0.4, -0.2) is 23.1 Å². The van der Waals surface area contributed by atoms with Crippen LogP contribution in [0.5, 0.6) is 0 Å². The molecule has 1 amide bonds. The minimum Gasteiger partial charge on any atom is -0.462 e. The van der Waals surface area contributed by atoms with Crippen molar-refractivity contribution in [2.45, 2.75) is 46.5 Å². The zero-order chi connectivity index (χ0) is 28.4. The van der Waals surface area contributed by atoms with Crippen molar-refractivity contribution >= 4 is 51.2 Å². The normalized spacial score (nSPS) is 13.9. The maximum Gasteiger partial charge on any atom is 0.341 e. The van der Waals surface area contributed by atoms with Crippen LogP contribution in [0.3, 0.4) is 0 Å². The summed E-state index contributed by atoms with van der Waals surface area (Å²) < 4.78 is 12.8. The SMILES string of the molecule is CCOC(=O)c1c(NC(=O)C(C#N)=c2sc(=Cc3ccc(C)o3)c(=O)n2-c2ccc(C)cc2)sc2c1CCCC2. The highest BCUT2D eigenvalue weighted by molar-refractivity contribution is 7.17. The van der Waals surface area contributed by atoms with Gasteiger partial charge in [0.2, 0.25) is 0 Å². The smallest absolute Gasteiger partial charge is 0.341 e. The van der Waals surface area contributed by atoms with Crippen LogP contribution in [-0.2, 0) is 22.4 Å². The Kier molecular flexibility index (Phi) is 7.87. The van der Waals surface area contributed by atoms with E-state index in [1.807, 2.05) is 25.1 Å². The standard InChI is InChI=1S/C30H27N3O5S2/c1-4-37-30(36)25-21-7-5-6-8-23(21)39-27(25)32-26(34)22(16-31)29-33(19-12-9-17(2)10-13-19)28(35)24(40-29)15-20-14-11-18(3)38-20/h9-15H,4-8H2,1-3H3,(H,32,34). The maximum absolute atomic E-state index is 13.7. The number of esters is 1. The summed E-state index contributed by atoms with van der Waals surface area (Å²) in [6.07, 6.45) is 5.11. The van der Waals surface area contributed by atoms with Gasteiger partial charge in [0.05, 0.1) is 22.4 Å². The average molecular weight is 574 g/mol. The Balaban J connectivity index is 1.68. The van der Waals surface area contributed by atoms with Gasteiger partial charge in [-0.3, -0.25) is 14.2 Å². The van der Waals surface area contributed by atoms with Crippen LogP contribution >= 0.6 is 22.7 Å². The van der Waals surface area contributed by atoms with Gasteiger partial charge in [-0.05, 0) is 76.3 Å². The van der Waals surface area contributed by atoms with Crippen LogP contribution in [0, 0.1) is 25.2 Å². The van der Waals surface area contributed by atoms with E-state index in [0.29, 0.717) is 32.3 Å². The predicted octanol–water partition coefficient (Wildman–Crippen LogP) is 4.37. The van der Waals surface area contributed by atoms with Gasteiger partial charge in [-0.15, -0.1) is 22.7 Å². The number of hydrogen-bond acceptors (Lipinski definition) is 8. The fourth-order valence-corrected chi connectivity index (χ4v) is 7.03. The first-order valence-corrected chi connectivity index (χ1v) is 14.6. The molecular formula is C30H27N3O5S2. The molecule has 0 unspecified atom stereocenters. The molecule has 1 aliphatic carbocycles. The van der Waals surface area contributed by atoms with E-state index in [4.69, 9.17) is 9.15 Å². The number of ether oxygens (including phenoxy) is 1. The van der Waals surface area contributed by atoms with E-state index < -0.39 is 11.9 Å². The fraction of sp³-hybridized carbons (Fsp3) is 0.267. The Bertz CT molecular complexity index is 1830. The first kappa shape index (κ1) is 27.4. The Morgan fingerprint density at radius 1 is 1.12 bits per heavy atom. The van der Waals surface area contributed by atoms with Crippen LogP contribution in [0.2, 0.25) is 0 Å². The number of furan rings is 1. The van der Waals surface area contributed by atoms with Gasteiger partial charge >= 0.3 is 5.97 Å². The molecule has 1 aromatic carbocycles. The first-order valence-electron chi connectivity index (χ1n) is 12.9. The van der Waals surface area contributed by atoms with Crippen molar-refractivity contribution < 1.29 is 18.7 Å². The van der Waals surface area contributed by atoms with Gasteiger partial charge in [0.15, 0.2) is 5.57 Å².